The smallest absolute Gasteiger partial charge is 0.287 e. The fraction of sp³-hybridized carbons (Fsp3) is 0.167. The molecular weight excluding hydrogens is 454 g/mol. The molecule has 0 aliphatic heterocycles. The van der Waals surface area contributed by atoms with Crippen molar-refractivity contribution < 1.29 is 14.5 Å². The molecule has 0 saturated carbocycles. The van der Waals surface area contributed by atoms with Crippen molar-refractivity contribution in [2.24, 2.45) is 0 Å². The van der Waals surface area contributed by atoms with E-state index in [1.807, 2.05) is 6.07 Å². The molecule has 10 heteroatoms. The molecule has 0 unspecified atom stereocenters. The Balaban J connectivity index is 1.46. The van der Waals surface area contributed by atoms with Crippen LogP contribution in [-0.2, 0) is 17.6 Å². The first kappa shape index (κ1) is 22.6. The Kier molecular flexibility index (Phi) is 6.62. The van der Waals surface area contributed by atoms with Crippen molar-refractivity contribution in [2.45, 2.75) is 25.7 Å². The summed E-state index contributed by atoms with van der Waals surface area (Å²) < 4.78 is 5.56. The van der Waals surface area contributed by atoms with Gasteiger partial charge in [-0.05, 0) is 55.0 Å². The number of carbonyl (C=O) groups is 1. The summed E-state index contributed by atoms with van der Waals surface area (Å²) in [6.45, 7) is 0. The standard InChI is InChI=1S/C24H17N5O4S/c25-12-16(23(30)28-24-20(13-26)19-3-1-2-4-21(19)34-24)11-15-5-8-18(9-6-15)33-22-10-7-17(14-27-22)29(31)32/h5-11,14H,1-4H2,(H,28,30). The lowest BCUT2D eigenvalue weighted by Gasteiger charge is -2.09. The van der Waals surface area contributed by atoms with Crippen molar-refractivity contribution in [1.29, 1.82) is 10.5 Å². The van der Waals surface area contributed by atoms with Gasteiger partial charge in [-0.25, -0.2) is 4.98 Å². The third kappa shape index (κ3) is 4.93. The minimum absolute atomic E-state index is 0.0963. The largest absolute Gasteiger partial charge is 0.439 e. The van der Waals surface area contributed by atoms with Crippen LogP contribution >= 0.6 is 11.3 Å². The molecule has 34 heavy (non-hydrogen) atoms. The number of fused-ring (bicyclic) bond motifs is 1. The quantitative estimate of drug-likeness (QED) is 0.227. The van der Waals surface area contributed by atoms with E-state index >= 15 is 0 Å². The predicted octanol–water partition coefficient (Wildman–Crippen LogP) is 5.14. The lowest BCUT2D eigenvalue weighted by Crippen LogP contribution is -2.13. The summed E-state index contributed by atoms with van der Waals surface area (Å²) in [4.78, 5) is 27.9. The van der Waals surface area contributed by atoms with Crippen LogP contribution in [0.5, 0.6) is 11.6 Å². The van der Waals surface area contributed by atoms with E-state index in [0.717, 1.165) is 42.3 Å². The van der Waals surface area contributed by atoms with Gasteiger partial charge in [-0.15, -0.1) is 11.3 Å². The molecule has 4 rings (SSSR count). The minimum Gasteiger partial charge on any atom is -0.439 e. The number of benzene rings is 1. The average Bonchev–Trinajstić information content (AvgIpc) is 3.20. The van der Waals surface area contributed by atoms with Gasteiger partial charge in [0.25, 0.3) is 11.6 Å². The lowest BCUT2D eigenvalue weighted by atomic mass is 9.96. The molecule has 0 fully saturated rings. The summed E-state index contributed by atoms with van der Waals surface area (Å²) >= 11 is 1.40. The molecule has 0 bridgehead atoms. The number of nitriles is 2. The minimum atomic E-state index is -0.576. The van der Waals surface area contributed by atoms with Crippen molar-refractivity contribution >= 4 is 34.0 Å². The maximum absolute atomic E-state index is 12.7. The Morgan fingerprint density at radius 3 is 2.59 bits per heavy atom. The van der Waals surface area contributed by atoms with Gasteiger partial charge >= 0.3 is 0 Å². The molecule has 0 atom stereocenters. The van der Waals surface area contributed by atoms with Crippen molar-refractivity contribution in [3.05, 3.63) is 79.8 Å². The SMILES string of the molecule is N#CC(=Cc1ccc(Oc2ccc([N+](=O)[O-])cn2)cc1)C(=O)Nc1sc2c(c1C#N)CCCC2. The molecule has 168 valence electrons. The van der Waals surface area contributed by atoms with Gasteiger partial charge in [0.1, 0.15) is 34.7 Å². The molecule has 3 aromatic rings. The number of pyridine rings is 1. The number of hydrogen-bond acceptors (Lipinski definition) is 8. The highest BCUT2D eigenvalue weighted by Gasteiger charge is 2.22. The predicted molar refractivity (Wildman–Crippen MR) is 125 cm³/mol. The van der Waals surface area contributed by atoms with Crippen molar-refractivity contribution in [2.75, 3.05) is 5.32 Å². The fourth-order valence-electron chi connectivity index (χ4n) is 3.55. The zero-order chi connectivity index (χ0) is 24.1. The van der Waals surface area contributed by atoms with Crippen LogP contribution in [-0.4, -0.2) is 15.8 Å². The first-order valence-corrected chi connectivity index (χ1v) is 11.2. The average molecular weight is 471 g/mol. The van der Waals surface area contributed by atoms with Crippen LogP contribution < -0.4 is 10.1 Å². The van der Waals surface area contributed by atoms with Crippen LogP contribution in [0, 0.1) is 32.8 Å². The number of aryl methyl sites for hydroxylation is 1. The molecule has 0 spiro atoms. The third-order valence-corrected chi connectivity index (χ3v) is 6.43. The van der Waals surface area contributed by atoms with Crippen LogP contribution in [0.25, 0.3) is 6.08 Å². The number of nitrogens with one attached hydrogen (secondary N) is 1. The summed E-state index contributed by atoms with van der Waals surface area (Å²) in [5, 5.41) is 33.0. The molecule has 1 aliphatic carbocycles. The molecule has 1 aliphatic rings. The Morgan fingerprint density at radius 1 is 1.18 bits per heavy atom. The van der Waals surface area contributed by atoms with Crippen molar-refractivity contribution in [1.82, 2.24) is 4.98 Å². The topological polar surface area (TPSA) is 142 Å². The van der Waals surface area contributed by atoms with Gasteiger partial charge in [-0.2, -0.15) is 10.5 Å². The molecular formula is C24H17N5O4S. The first-order valence-electron chi connectivity index (χ1n) is 10.3. The fourth-order valence-corrected chi connectivity index (χ4v) is 4.79. The Bertz CT molecular complexity index is 1360. The number of thiophene rings is 1. The Labute approximate surface area is 198 Å². The summed E-state index contributed by atoms with van der Waals surface area (Å²) in [6, 6.07) is 13.4. The highest BCUT2D eigenvalue weighted by Crippen LogP contribution is 2.37. The van der Waals surface area contributed by atoms with Crippen molar-refractivity contribution in [3.8, 4) is 23.8 Å². The van der Waals surface area contributed by atoms with Gasteiger partial charge in [0, 0.05) is 17.0 Å². The molecule has 0 radical (unpaired) electrons. The molecule has 9 nitrogen and oxygen atoms in total. The zero-order valence-corrected chi connectivity index (χ0v) is 18.6. The van der Waals surface area contributed by atoms with E-state index in [-0.39, 0.29) is 17.1 Å². The highest BCUT2D eigenvalue weighted by atomic mass is 32.1. The summed E-state index contributed by atoms with van der Waals surface area (Å²) in [6.07, 6.45) is 6.36. The van der Waals surface area contributed by atoms with Gasteiger partial charge in [0.2, 0.25) is 5.88 Å². The van der Waals surface area contributed by atoms with E-state index in [9.17, 15) is 25.4 Å². The van der Waals surface area contributed by atoms with Crippen LogP contribution in [0.15, 0.2) is 48.2 Å². The molecule has 0 saturated heterocycles. The summed E-state index contributed by atoms with van der Waals surface area (Å²) in [7, 11) is 0. The van der Waals surface area contributed by atoms with E-state index in [1.165, 1.54) is 29.5 Å². The molecule has 2 aromatic heterocycles. The first-order chi connectivity index (χ1) is 16.5. The number of amides is 1. The molecule has 2 heterocycles. The van der Waals surface area contributed by atoms with Gasteiger partial charge in [0.15, 0.2) is 0 Å². The Hall–Kier alpha value is -4.54. The maximum Gasteiger partial charge on any atom is 0.287 e. The van der Waals surface area contributed by atoms with Gasteiger partial charge in [-0.1, -0.05) is 12.1 Å². The van der Waals surface area contributed by atoms with Gasteiger partial charge in [-0.3, -0.25) is 14.9 Å². The van der Waals surface area contributed by atoms with Crippen LogP contribution in [0.2, 0.25) is 0 Å². The van der Waals surface area contributed by atoms with E-state index in [4.69, 9.17) is 4.74 Å². The molecule has 1 amide bonds. The number of rotatable bonds is 6. The Morgan fingerprint density at radius 2 is 1.94 bits per heavy atom. The number of carbonyl (C=O) groups excluding carboxylic acids is 1. The second-order valence-electron chi connectivity index (χ2n) is 7.43. The number of aromatic nitrogens is 1. The monoisotopic (exact) mass is 471 g/mol. The second-order valence-corrected chi connectivity index (χ2v) is 8.54. The molecule has 1 aromatic carbocycles. The summed E-state index contributed by atoms with van der Waals surface area (Å²) in [5.74, 6) is 0.0511. The maximum atomic E-state index is 12.7. The van der Waals surface area contributed by atoms with E-state index < -0.39 is 10.8 Å². The van der Waals surface area contributed by atoms with E-state index in [0.29, 0.717) is 21.9 Å². The van der Waals surface area contributed by atoms with Gasteiger partial charge < -0.3 is 10.1 Å². The van der Waals surface area contributed by atoms with Gasteiger partial charge in [0.05, 0.1) is 10.5 Å². The number of hydrogen-bond donors (Lipinski definition) is 1. The third-order valence-electron chi connectivity index (χ3n) is 5.22. The zero-order valence-electron chi connectivity index (χ0n) is 17.8. The van der Waals surface area contributed by atoms with Crippen LogP contribution in [0.1, 0.15) is 34.4 Å². The normalized spacial score (nSPS) is 12.7. The number of nitrogens with zero attached hydrogens (tertiary/aromatic N) is 4. The van der Waals surface area contributed by atoms with E-state index in [1.54, 1.807) is 24.3 Å². The van der Waals surface area contributed by atoms with Crippen LogP contribution in [0.3, 0.4) is 0 Å². The lowest BCUT2D eigenvalue weighted by molar-refractivity contribution is -0.385. The number of ether oxygens (including phenoxy) is 1. The highest BCUT2D eigenvalue weighted by molar-refractivity contribution is 7.16. The summed E-state index contributed by atoms with van der Waals surface area (Å²) in [5.41, 5.74) is 1.86. The van der Waals surface area contributed by atoms with Crippen molar-refractivity contribution in [3.63, 3.8) is 0 Å². The number of anilines is 1. The number of nitro groups is 1. The van der Waals surface area contributed by atoms with E-state index in [2.05, 4.69) is 16.4 Å². The molecule has 1 N–H and O–H groups in total. The second kappa shape index (κ2) is 9.94. The van der Waals surface area contributed by atoms with Crippen LogP contribution in [0.4, 0.5) is 10.7 Å².